The third kappa shape index (κ3) is 2.01. The fraction of sp³-hybridized carbons (Fsp3) is 0.357. The van der Waals surface area contributed by atoms with Crippen LogP contribution in [0.2, 0.25) is 0 Å². The van der Waals surface area contributed by atoms with Gasteiger partial charge >= 0.3 is 0 Å². The topological polar surface area (TPSA) is 69.9 Å². The fourth-order valence-electron chi connectivity index (χ4n) is 2.79. The Bertz CT molecular complexity index is 645. The van der Waals surface area contributed by atoms with E-state index >= 15 is 0 Å². The Kier molecular flexibility index (Phi) is 3.08. The van der Waals surface area contributed by atoms with Gasteiger partial charge < -0.3 is 11.6 Å². The van der Waals surface area contributed by atoms with E-state index in [1.54, 1.807) is 0 Å². The minimum Gasteiger partial charge on any atom is -0.382 e. The zero-order valence-corrected chi connectivity index (χ0v) is 10.9. The van der Waals surface area contributed by atoms with Gasteiger partial charge in [-0.15, -0.1) is 0 Å². The van der Waals surface area contributed by atoms with Crippen LogP contribution in [-0.2, 0) is 0 Å². The Morgan fingerprint density at radius 3 is 2.50 bits per heavy atom. The molecule has 1 heterocycles. The lowest BCUT2D eigenvalue weighted by Gasteiger charge is -2.08. The quantitative estimate of drug-likeness (QED) is 0.830. The molecule has 0 spiro atoms. The number of imidazole rings is 1. The minimum atomic E-state index is -0.920. The first-order chi connectivity index (χ1) is 9.58. The van der Waals surface area contributed by atoms with E-state index in [9.17, 15) is 8.78 Å². The number of rotatable bonds is 2. The van der Waals surface area contributed by atoms with E-state index in [2.05, 4.69) is 4.98 Å². The minimum absolute atomic E-state index is 0.276. The maximum atomic E-state index is 13.3. The average Bonchev–Trinajstić information content (AvgIpc) is 3.04. The number of nitrogens with zero attached hydrogens (tertiary/aromatic N) is 2. The third-order valence-electron chi connectivity index (χ3n) is 3.89. The number of halogens is 2. The Labute approximate surface area is 115 Å². The van der Waals surface area contributed by atoms with Crippen LogP contribution in [0, 0.1) is 11.6 Å². The molecule has 1 aromatic heterocycles. The summed E-state index contributed by atoms with van der Waals surface area (Å²) in [6.07, 6.45) is 4.37. The molecule has 1 aliphatic carbocycles. The summed E-state index contributed by atoms with van der Waals surface area (Å²) in [5, 5.41) is 0. The molecule has 0 amide bonds. The molecule has 0 unspecified atom stereocenters. The van der Waals surface area contributed by atoms with Crippen molar-refractivity contribution in [3.63, 3.8) is 0 Å². The molecule has 1 saturated carbocycles. The third-order valence-corrected chi connectivity index (χ3v) is 3.89. The summed E-state index contributed by atoms with van der Waals surface area (Å²) in [6, 6.07) is 3.61. The summed E-state index contributed by atoms with van der Waals surface area (Å²) in [5.74, 6) is 5.43. The summed E-state index contributed by atoms with van der Waals surface area (Å²) in [4.78, 5) is 4.46. The van der Waals surface area contributed by atoms with Crippen LogP contribution in [0.4, 0.5) is 14.6 Å². The van der Waals surface area contributed by atoms with E-state index in [1.165, 1.54) is 10.7 Å². The number of hydrogen-bond acceptors (Lipinski definition) is 3. The van der Waals surface area contributed by atoms with Crippen LogP contribution in [0.1, 0.15) is 37.4 Å². The monoisotopic (exact) mass is 278 g/mol. The smallest absolute Gasteiger partial charge is 0.159 e. The van der Waals surface area contributed by atoms with Crippen molar-refractivity contribution in [2.45, 2.75) is 31.6 Å². The normalized spacial score (nSPS) is 15.9. The number of aromatic nitrogens is 2. The predicted molar refractivity (Wildman–Crippen MR) is 73.4 cm³/mol. The van der Waals surface area contributed by atoms with Gasteiger partial charge in [0.2, 0.25) is 0 Å². The molecule has 4 N–H and O–H groups in total. The first-order valence-electron chi connectivity index (χ1n) is 6.66. The summed E-state index contributed by atoms with van der Waals surface area (Å²) < 4.78 is 27.7. The second-order valence-corrected chi connectivity index (χ2v) is 5.18. The van der Waals surface area contributed by atoms with E-state index in [0.717, 1.165) is 43.6 Å². The van der Waals surface area contributed by atoms with Crippen molar-refractivity contribution in [1.29, 1.82) is 0 Å². The van der Waals surface area contributed by atoms with Gasteiger partial charge in [0.1, 0.15) is 11.5 Å². The zero-order valence-electron chi connectivity index (χ0n) is 10.9. The summed E-state index contributed by atoms with van der Waals surface area (Å²) >= 11 is 0. The molecule has 0 saturated heterocycles. The molecule has 106 valence electrons. The second-order valence-electron chi connectivity index (χ2n) is 5.18. The number of anilines is 1. The van der Waals surface area contributed by atoms with Gasteiger partial charge in [0.05, 0.1) is 0 Å². The van der Waals surface area contributed by atoms with Crippen LogP contribution in [0.15, 0.2) is 18.2 Å². The number of nitrogen functional groups attached to an aromatic ring is 2. The molecule has 0 bridgehead atoms. The van der Waals surface area contributed by atoms with Crippen LogP contribution in [0.5, 0.6) is 0 Å². The highest BCUT2D eigenvalue weighted by molar-refractivity contribution is 5.71. The van der Waals surface area contributed by atoms with Gasteiger partial charge in [0, 0.05) is 11.5 Å². The van der Waals surface area contributed by atoms with Crippen molar-refractivity contribution < 1.29 is 8.78 Å². The van der Waals surface area contributed by atoms with Gasteiger partial charge in [0.25, 0.3) is 0 Å². The van der Waals surface area contributed by atoms with Crippen LogP contribution in [0.25, 0.3) is 11.3 Å². The molecule has 2 aromatic rings. The molecule has 0 aliphatic heterocycles. The summed E-state index contributed by atoms with van der Waals surface area (Å²) in [6.45, 7) is 0. The largest absolute Gasteiger partial charge is 0.382 e. The molecule has 6 heteroatoms. The lowest BCUT2D eigenvalue weighted by atomic mass is 10.1. The van der Waals surface area contributed by atoms with Crippen molar-refractivity contribution in [2.75, 3.05) is 11.6 Å². The van der Waals surface area contributed by atoms with Gasteiger partial charge in [-0.3, -0.25) is 0 Å². The maximum Gasteiger partial charge on any atom is 0.159 e. The van der Waals surface area contributed by atoms with Gasteiger partial charge in [-0.05, 0) is 31.0 Å². The van der Waals surface area contributed by atoms with Crippen molar-refractivity contribution >= 4 is 5.82 Å². The Morgan fingerprint density at radius 2 is 1.85 bits per heavy atom. The first kappa shape index (κ1) is 12.9. The molecule has 3 rings (SSSR count). The molecular weight excluding hydrogens is 262 g/mol. The van der Waals surface area contributed by atoms with Gasteiger partial charge in [-0.25, -0.2) is 18.4 Å². The van der Waals surface area contributed by atoms with E-state index < -0.39 is 11.6 Å². The van der Waals surface area contributed by atoms with Crippen LogP contribution >= 0.6 is 0 Å². The van der Waals surface area contributed by atoms with E-state index in [-0.39, 0.29) is 5.82 Å². The molecule has 0 radical (unpaired) electrons. The van der Waals surface area contributed by atoms with Crippen LogP contribution in [-0.4, -0.2) is 9.66 Å². The molecule has 1 aliphatic rings. The van der Waals surface area contributed by atoms with Crippen molar-refractivity contribution in [3.05, 3.63) is 35.7 Å². The maximum absolute atomic E-state index is 13.3. The highest BCUT2D eigenvalue weighted by Crippen LogP contribution is 2.36. The van der Waals surface area contributed by atoms with Crippen LogP contribution in [0.3, 0.4) is 0 Å². The standard InChI is InChI=1S/C14H16F2N4/c15-10-6-5-9(7-11(10)16)12-13(17)20(18)14(19-12)8-3-1-2-4-8/h5-8H,1-4,17-18H2. The molecular formula is C14H16F2N4. The fourth-order valence-corrected chi connectivity index (χ4v) is 2.79. The SMILES string of the molecule is Nc1c(-c2ccc(F)c(F)c2)nc(C2CCCC2)n1N. The van der Waals surface area contributed by atoms with Gasteiger partial charge in [-0.2, -0.15) is 0 Å². The van der Waals surface area contributed by atoms with Crippen molar-refractivity contribution in [3.8, 4) is 11.3 Å². The second kappa shape index (κ2) is 4.77. The van der Waals surface area contributed by atoms with Crippen LogP contribution < -0.4 is 11.6 Å². The van der Waals surface area contributed by atoms with Gasteiger partial charge in [0.15, 0.2) is 17.5 Å². The summed E-state index contributed by atoms with van der Waals surface area (Å²) in [5.41, 5.74) is 6.80. The Hall–Kier alpha value is -2.11. The average molecular weight is 278 g/mol. The van der Waals surface area contributed by atoms with Crippen molar-refractivity contribution in [1.82, 2.24) is 9.66 Å². The van der Waals surface area contributed by atoms with E-state index in [0.29, 0.717) is 17.2 Å². The zero-order chi connectivity index (χ0) is 14.3. The lowest BCUT2D eigenvalue weighted by Crippen LogP contribution is -2.17. The summed E-state index contributed by atoms with van der Waals surface area (Å²) in [7, 11) is 0. The Balaban J connectivity index is 2.05. The molecule has 1 aromatic carbocycles. The molecule has 0 atom stereocenters. The number of hydrogen-bond donors (Lipinski definition) is 2. The predicted octanol–water partition coefficient (Wildman–Crippen LogP) is 2.78. The highest BCUT2D eigenvalue weighted by Gasteiger charge is 2.25. The van der Waals surface area contributed by atoms with E-state index in [1.807, 2.05) is 0 Å². The first-order valence-corrected chi connectivity index (χ1v) is 6.66. The van der Waals surface area contributed by atoms with Crippen molar-refractivity contribution in [2.24, 2.45) is 0 Å². The van der Waals surface area contributed by atoms with E-state index in [4.69, 9.17) is 11.6 Å². The lowest BCUT2D eigenvalue weighted by molar-refractivity contribution is 0.509. The molecule has 4 nitrogen and oxygen atoms in total. The molecule has 20 heavy (non-hydrogen) atoms. The van der Waals surface area contributed by atoms with Gasteiger partial charge in [-0.1, -0.05) is 12.8 Å². The molecule has 1 fully saturated rings. The Morgan fingerprint density at radius 1 is 1.15 bits per heavy atom. The number of nitrogens with two attached hydrogens (primary N) is 2. The number of benzene rings is 1. The highest BCUT2D eigenvalue weighted by atomic mass is 19.2.